The molecular formula is C21H26N4O3. The average molecular weight is 382 g/mol. The fourth-order valence-electron chi connectivity index (χ4n) is 3.32. The molecule has 2 aromatic rings. The molecule has 1 aliphatic rings. The van der Waals surface area contributed by atoms with Crippen molar-refractivity contribution < 1.29 is 9.72 Å². The van der Waals surface area contributed by atoms with Crippen molar-refractivity contribution in [2.24, 2.45) is 0 Å². The third kappa shape index (κ3) is 5.07. The van der Waals surface area contributed by atoms with Crippen LogP contribution in [0.4, 0.5) is 17.1 Å². The Hall–Kier alpha value is -2.93. The topological polar surface area (TPSA) is 78.7 Å². The molecule has 0 aliphatic carbocycles. The Morgan fingerprint density at radius 3 is 2.39 bits per heavy atom. The van der Waals surface area contributed by atoms with Crippen molar-refractivity contribution >= 4 is 23.0 Å². The van der Waals surface area contributed by atoms with E-state index in [4.69, 9.17) is 0 Å². The van der Waals surface area contributed by atoms with Crippen LogP contribution in [0.1, 0.15) is 25.3 Å². The maximum atomic E-state index is 12.3. The van der Waals surface area contributed by atoms with Crippen molar-refractivity contribution in [3.8, 4) is 0 Å². The van der Waals surface area contributed by atoms with E-state index < -0.39 is 0 Å². The summed E-state index contributed by atoms with van der Waals surface area (Å²) < 4.78 is 0. The predicted molar refractivity (Wildman–Crippen MR) is 111 cm³/mol. The van der Waals surface area contributed by atoms with Crippen LogP contribution in [-0.4, -0.2) is 48.5 Å². The van der Waals surface area contributed by atoms with Crippen LogP contribution < -0.4 is 10.2 Å². The van der Waals surface area contributed by atoms with Crippen molar-refractivity contribution in [3.63, 3.8) is 0 Å². The number of anilines is 2. The molecule has 7 heteroatoms. The smallest absolute Gasteiger partial charge is 0.271 e. The molecule has 28 heavy (non-hydrogen) atoms. The van der Waals surface area contributed by atoms with E-state index in [0.717, 1.165) is 37.6 Å². The number of non-ortho nitro benzene ring substituents is 1. The standard InChI is InChI=1S/C21H26N4O3/c1-16(2)17-6-8-18(9-7-17)22-21(26)15-23-10-12-24(13-11-23)19-4-3-5-20(14-19)25(27)28/h3-9,14,16H,10-13,15H2,1-2H3,(H,22,26). The number of nitro benzene ring substituents is 1. The lowest BCUT2D eigenvalue weighted by Crippen LogP contribution is -2.48. The minimum Gasteiger partial charge on any atom is -0.369 e. The normalized spacial score (nSPS) is 14.9. The molecule has 1 N–H and O–H groups in total. The Morgan fingerprint density at radius 1 is 1.11 bits per heavy atom. The molecule has 2 aromatic carbocycles. The number of amides is 1. The van der Waals surface area contributed by atoms with Gasteiger partial charge in [0.15, 0.2) is 0 Å². The highest BCUT2D eigenvalue weighted by atomic mass is 16.6. The Morgan fingerprint density at radius 2 is 1.79 bits per heavy atom. The lowest BCUT2D eigenvalue weighted by atomic mass is 10.0. The molecule has 1 saturated heterocycles. The summed E-state index contributed by atoms with van der Waals surface area (Å²) in [5.74, 6) is 0.438. The second kappa shape index (κ2) is 8.84. The highest BCUT2D eigenvalue weighted by Crippen LogP contribution is 2.22. The summed E-state index contributed by atoms with van der Waals surface area (Å²) in [6.07, 6.45) is 0. The van der Waals surface area contributed by atoms with Crippen LogP contribution in [0.15, 0.2) is 48.5 Å². The van der Waals surface area contributed by atoms with E-state index in [1.54, 1.807) is 12.1 Å². The molecule has 0 spiro atoms. The minimum atomic E-state index is -0.377. The fourth-order valence-corrected chi connectivity index (χ4v) is 3.32. The summed E-state index contributed by atoms with van der Waals surface area (Å²) in [7, 11) is 0. The first-order valence-electron chi connectivity index (χ1n) is 9.54. The van der Waals surface area contributed by atoms with Crippen LogP contribution in [0.25, 0.3) is 0 Å². The molecule has 1 heterocycles. The van der Waals surface area contributed by atoms with Gasteiger partial charge in [-0.2, -0.15) is 0 Å². The number of rotatable bonds is 6. The predicted octanol–water partition coefficient (Wildman–Crippen LogP) is 3.48. The average Bonchev–Trinajstić information content (AvgIpc) is 2.69. The van der Waals surface area contributed by atoms with Crippen molar-refractivity contribution in [3.05, 3.63) is 64.2 Å². The second-order valence-corrected chi connectivity index (χ2v) is 7.37. The third-order valence-electron chi connectivity index (χ3n) is 5.01. The molecule has 1 amide bonds. The summed E-state index contributed by atoms with van der Waals surface area (Å²) >= 11 is 0. The van der Waals surface area contributed by atoms with Crippen LogP contribution in [0.5, 0.6) is 0 Å². The van der Waals surface area contributed by atoms with Crippen molar-refractivity contribution in [1.29, 1.82) is 0 Å². The van der Waals surface area contributed by atoms with E-state index in [-0.39, 0.29) is 16.5 Å². The molecule has 7 nitrogen and oxygen atoms in total. The first kappa shape index (κ1) is 19.8. The van der Waals surface area contributed by atoms with Gasteiger partial charge in [-0.25, -0.2) is 0 Å². The zero-order chi connectivity index (χ0) is 20.1. The number of nitro groups is 1. The summed E-state index contributed by atoms with van der Waals surface area (Å²) in [6.45, 7) is 7.57. The van der Waals surface area contributed by atoms with E-state index in [2.05, 4.69) is 29.0 Å². The van der Waals surface area contributed by atoms with Gasteiger partial charge < -0.3 is 10.2 Å². The van der Waals surface area contributed by atoms with Gasteiger partial charge in [-0.1, -0.05) is 32.0 Å². The summed E-state index contributed by atoms with van der Waals surface area (Å²) in [4.78, 5) is 27.1. The lowest BCUT2D eigenvalue weighted by molar-refractivity contribution is -0.384. The Kier molecular flexibility index (Phi) is 6.26. The number of hydrogen-bond donors (Lipinski definition) is 1. The fraction of sp³-hybridized carbons (Fsp3) is 0.381. The number of carbonyl (C=O) groups is 1. The molecule has 1 fully saturated rings. The SMILES string of the molecule is CC(C)c1ccc(NC(=O)CN2CCN(c3cccc([N+](=O)[O-])c3)CC2)cc1. The largest absolute Gasteiger partial charge is 0.369 e. The molecule has 148 valence electrons. The number of nitrogens with one attached hydrogen (secondary N) is 1. The van der Waals surface area contributed by atoms with Crippen LogP contribution in [-0.2, 0) is 4.79 Å². The summed E-state index contributed by atoms with van der Waals surface area (Å²) in [5, 5.41) is 13.9. The van der Waals surface area contributed by atoms with Crippen LogP contribution in [0.3, 0.4) is 0 Å². The summed E-state index contributed by atoms with van der Waals surface area (Å²) in [5.41, 5.74) is 3.01. The molecular weight excluding hydrogens is 356 g/mol. The molecule has 0 atom stereocenters. The molecule has 0 aromatic heterocycles. The molecule has 0 radical (unpaired) electrons. The maximum absolute atomic E-state index is 12.3. The van der Waals surface area contributed by atoms with Crippen molar-refractivity contribution in [2.45, 2.75) is 19.8 Å². The van der Waals surface area contributed by atoms with Gasteiger partial charge in [0.25, 0.3) is 5.69 Å². The van der Waals surface area contributed by atoms with Gasteiger partial charge >= 0.3 is 0 Å². The van der Waals surface area contributed by atoms with E-state index in [1.165, 1.54) is 11.6 Å². The molecule has 3 rings (SSSR count). The van der Waals surface area contributed by atoms with E-state index in [0.29, 0.717) is 12.5 Å². The number of hydrogen-bond acceptors (Lipinski definition) is 5. The zero-order valence-electron chi connectivity index (χ0n) is 16.3. The number of piperazine rings is 1. The van der Waals surface area contributed by atoms with Crippen molar-refractivity contribution in [1.82, 2.24) is 4.90 Å². The first-order valence-corrected chi connectivity index (χ1v) is 9.54. The van der Waals surface area contributed by atoms with Crippen molar-refractivity contribution in [2.75, 3.05) is 42.9 Å². The van der Waals surface area contributed by atoms with Gasteiger partial charge in [0.2, 0.25) is 5.91 Å². The minimum absolute atomic E-state index is 0.0268. The Labute approximate surface area is 165 Å². The zero-order valence-corrected chi connectivity index (χ0v) is 16.3. The third-order valence-corrected chi connectivity index (χ3v) is 5.01. The number of carbonyl (C=O) groups excluding carboxylic acids is 1. The van der Waals surface area contributed by atoms with E-state index in [1.807, 2.05) is 30.3 Å². The monoisotopic (exact) mass is 382 g/mol. The highest BCUT2D eigenvalue weighted by molar-refractivity contribution is 5.92. The number of nitrogens with zero attached hydrogens (tertiary/aromatic N) is 3. The Balaban J connectivity index is 1.49. The van der Waals surface area contributed by atoms with Gasteiger partial charge in [-0.15, -0.1) is 0 Å². The van der Waals surface area contributed by atoms with Crippen LogP contribution in [0, 0.1) is 10.1 Å². The van der Waals surface area contributed by atoms with Gasteiger partial charge in [0.05, 0.1) is 11.5 Å². The summed E-state index contributed by atoms with van der Waals surface area (Å²) in [6, 6.07) is 14.6. The van der Waals surface area contributed by atoms with Crippen LogP contribution >= 0.6 is 0 Å². The van der Waals surface area contributed by atoms with Crippen LogP contribution in [0.2, 0.25) is 0 Å². The lowest BCUT2D eigenvalue weighted by Gasteiger charge is -2.35. The van der Waals surface area contributed by atoms with Gasteiger partial charge in [-0.05, 0) is 29.7 Å². The molecule has 0 unspecified atom stereocenters. The van der Waals surface area contributed by atoms with E-state index in [9.17, 15) is 14.9 Å². The number of benzene rings is 2. The quantitative estimate of drug-likeness (QED) is 0.611. The highest BCUT2D eigenvalue weighted by Gasteiger charge is 2.20. The molecule has 0 bridgehead atoms. The van der Waals surface area contributed by atoms with Gasteiger partial charge in [0.1, 0.15) is 0 Å². The molecule has 1 aliphatic heterocycles. The molecule has 0 saturated carbocycles. The Bertz CT molecular complexity index is 828. The van der Waals surface area contributed by atoms with Gasteiger partial charge in [0, 0.05) is 49.7 Å². The first-order chi connectivity index (χ1) is 13.4. The van der Waals surface area contributed by atoms with Gasteiger partial charge in [-0.3, -0.25) is 19.8 Å². The second-order valence-electron chi connectivity index (χ2n) is 7.37. The van der Waals surface area contributed by atoms with E-state index >= 15 is 0 Å². The maximum Gasteiger partial charge on any atom is 0.271 e.